The van der Waals surface area contributed by atoms with Crippen molar-refractivity contribution < 1.29 is 32.3 Å². The molecule has 0 bridgehead atoms. The summed E-state index contributed by atoms with van der Waals surface area (Å²) in [4.78, 5) is 0. The summed E-state index contributed by atoms with van der Waals surface area (Å²) >= 11 is 0. The maximum absolute atomic E-state index is 12.7. The van der Waals surface area contributed by atoms with Gasteiger partial charge in [-0.3, -0.25) is 9.13 Å². The zero-order valence-corrected chi connectivity index (χ0v) is 17.2. The molecular weight excluding hydrogens is 354 g/mol. The molecule has 0 saturated heterocycles. The smallest absolute Gasteiger partial charge is 0.364 e. The monoisotopic (exact) mass is 386 g/mol. The van der Waals surface area contributed by atoms with Crippen LogP contribution in [0.2, 0.25) is 0 Å². The van der Waals surface area contributed by atoms with Crippen LogP contribution in [0.15, 0.2) is 12.2 Å². The van der Waals surface area contributed by atoms with Gasteiger partial charge in [0, 0.05) is 28.4 Å². The maximum atomic E-state index is 12.7. The summed E-state index contributed by atoms with van der Waals surface area (Å²) in [7, 11) is -3.93. The van der Waals surface area contributed by atoms with Gasteiger partial charge < -0.3 is 23.2 Å². The van der Waals surface area contributed by atoms with Crippen molar-refractivity contribution >= 4 is 15.2 Å². The molecule has 144 valence electrons. The molecule has 7 nitrogen and oxygen atoms in total. The third-order valence-electron chi connectivity index (χ3n) is 3.83. The fraction of sp³-hybridized carbons (Fsp3) is 0.867. The van der Waals surface area contributed by atoms with E-state index in [1.165, 1.54) is 19.3 Å². The Bertz CT molecular complexity index is 423. The second-order valence-electron chi connectivity index (χ2n) is 5.37. The minimum absolute atomic E-state index is 0.634. The van der Waals surface area contributed by atoms with E-state index in [0.717, 1.165) is 53.8 Å². The highest BCUT2D eigenvalue weighted by Crippen LogP contribution is 2.76. The molecule has 0 saturated carbocycles. The highest BCUT2D eigenvalue weighted by molar-refractivity contribution is 7.74. The van der Waals surface area contributed by atoms with Crippen LogP contribution in [-0.2, 0) is 27.2 Å². The summed E-state index contributed by atoms with van der Waals surface area (Å²) in [5.74, 6) is 0. The molecular formula is C15H32O7P2. The van der Waals surface area contributed by atoms with E-state index in [4.69, 9.17) is 18.1 Å². The zero-order valence-electron chi connectivity index (χ0n) is 15.4. The van der Waals surface area contributed by atoms with E-state index >= 15 is 0 Å². The van der Waals surface area contributed by atoms with Crippen molar-refractivity contribution in [3.63, 3.8) is 0 Å². The fourth-order valence-electron chi connectivity index (χ4n) is 2.30. The van der Waals surface area contributed by atoms with E-state index in [-0.39, 0.29) is 0 Å². The first-order valence-electron chi connectivity index (χ1n) is 8.14. The summed E-state index contributed by atoms with van der Waals surface area (Å²) in [6, 6.07) is 0. The number of rotatable bonds is 14. The Labute approximate surface area is 145 Å². The van der Waals surface area contributed by atoms with Gasteiger partial charge in [-0.05, 0) is 18.9 Å². The molecule has 0 aromatic rings. The van der Waals surface area contributed by atoms with Crippen LogP contribution in [0.1, 0.15) is 51.9 Å². The molecule has 0 aromatic heterocycles. The highest BCUT2D eigenvalue weighted by atomic mass is 31.2. The Morgan fingerprint density at radius 3 is 1.67 bits per heavy atom. The predicted octanol–water partition coefficient (Wildman–Crippen LogP) is 4.91. The summed E-state index contributed by atoms with van der Waals surface area (Å²) in [5.41, 5.74) is 0. The van der Waals surface area contributed by atoms with Gasteiger partial charge in [0.25, 0.3) is 5.08 Å². The molecule has 9 heteroatoms. The number of hydrogen-bond acceptors (Lipinski definition) is 7. The fourth-order valence-corrected chi connectivity index (χ4v) is 6.43. The molecule has 0 atom stereocenters. The molecule has 1 N–H and O–H groups in total. The molecule has 0 aliphatic heterocycles. The average Bonchev–Trinajstić information content (AvgIpc) is 2.61. The lowest BCUT2D eigenvalue weighted by atomic mass is 10.1. The Balaban J connectivity index is 5.08. The standard InChI is InChI=1S/C15H32O7P2/c1-6-7-8-9-10-11-12-13-14-15(16,23(17,19-2)20-3)24(18,21-4)22-5/h13-14,16H,6-12H2,1-5H3/b14-13+. The van der Waals surface area contributed by atoms with E-state index < -0.39 is 20.3 Å². The highest BCUT2D eigenvalue weighted by Gasteiger charge is 2.62. The minimum atomic E-state index is -4.17. The van der Waals surface area contributed by atoms with Gasteiger partial charge >= 0.3 is 15.2 Å². The van der Waals surface area contributed by atoms with Crippen molar-refractivity contribution in [1.29, 1.82) is 0 Å². The van der Waals surface area contributed by atoms with Gasteiger partial charge in [0.05, 0.1) is 0 Å². The molecule has 0 rings (SSSR count). The van der Waals surface area contributed by atoms with E-state index in [2.05, 4.69) is 6.92 Å². The number of allylic oxidation sites excluding steroid dienone is 1. The molecule has 0 aromatic carbocycles. The van der Waals surface area contributed by atoms with Gasteiger partial charge in [-0.15, -0.1) is 0 Å². The van der Waals surface area contributed by atoms with Crippen molar-refractivity contribution in [1.82, 2.24) is 0 Å². The molecule has 0 aliphatic rings. The quantitative estimate of drug-likeness (QED) is 0.258. The van der Waals surface area contributed by atoms with E-state index in [1.54, 1.807) is 6.08 Å². The van der Waals surface area contributed by atoms with Crippen LogP contribution < -0.4 is 0 Å². The van der Waals surface area contributed by atoms with Crippen LogP contribution in [0.5, 0.6) is 0 Å². The molecule has 0 heterocycles. The number of hydrogen-bond donors (Lipinski definition) is 1. The molecule has 0 radical (unpaired) electrons. The summed E-state index contributed by atoms with van der Waals surface area (Å²) in [5, 5.41) is 8.30. The van der Waals surface area contributed by atoms with Gasteiger partial charge in [-0.25, -0.2) is 0 Å². The Morgan fingerprint density at radius 2 is 1.25 bits per heavy atom. The predicted molar refractivity (Wildman–Crippen MR) is 95.3 cm³/mol. The van der Waals surface area contributed by atoms with Crippen LogP contribution in [0.3, 0.4) is 0 Å². The van der Waals surface area contributed by atoms with E-state index in [1.807, 2.05) is 0 Å². The topological polar surface area (TPSA) is 91.3 Å². The normalized spacial score (nSPS) is 13.8. The molecule has 0 unspecified atom stereocenters. The van der Waals surface area contributed by atoms with Crippen LogP contribution in [0.4, 0.5) is 0 Å². The van der Waals surface area contributed by atoms with Gasteiger partial charge in [-0.1, -0.05) is 45.1 Å². The molecule has 24 heavy (non-hydrogen) atoms. The van der Waals surface area contributed by atoms with Crippen LogP contribution in [0, 0.1) is 0 Å². The van der Waals surface area contributed by atoms with Gasteiger partial charge in [0.2, 0.25) is 0 Å². The number of aliphatic hydroxyl groups is 1. The van der Waals surface area contributed by atoms with Crippen molar-refractivity contribution in [2.24, 2.45) is 0 Å². The first-order valence-corrected chi connectivity index (χ1v) is 11.2. The Hall–Kier alpha value is -0.0000000000000000416. The molecule has 0 spiro atoms. The van der Waals surface area contributed by atoms with Gasteiger partial charge in [0.1, 0.15) is 0 Å². The van der Waals surface area contributed by atoms with Crippen molar-refractivity contribution in [2.45, 2.75) is 57.0 Å². The first kappa shape index (κ1) is 24.0. The third kappa shape index (κ3) is 5.77. The lowest BCUT2D eigenvalue weighted by Crippen LogP contribution is -2.29. The van der Waals surface area contributed by atoms with Gasteiger partial charge in [-0.2, -0.15) is 0 Å². The SMILES string of the molecule is CCCCCCCC/C=C/C(O)(P(=O)(OC)OC)P(=O)(OC)OC. The summed E-state index contributed by atoms with van der Waals surface area (Å²) < 4.78 is 44.7. The summed E-state index contributed by atoms with van der Waals surface area (Å²) in [6.07, 6.45) is 10.1. The summed E-state index contributed by atoms with van der Waals surface area (Å²) in [6.45, 7) is 2.16. The van der Waals surface area contributed by atoms with E-state index in [9.17, 15) is 14.2 Å². The second kappa shape index (κ2) is 11.6. The van der Waals surface area contributed by atoms with E-state index in [0.29, 0.717) is 6.42 Å². The molecule has 0 aliphatic carbocycles. The molecule has 0 amide bonds. The van der Waals surface area contributed by atoms with Crippen LogP contribution in [0.25, 0.3) is 0 Å². The average molecular weight is 386 g/mol. The second-order valence-corrected chi connectivity index (χ2v) is 10.5. The molecule has 0 fully saturated rings. The van der Waals surface area contributed by atoms with Crippen molar-refractivity contribution in [3.05, 3.63) is 12.2 Å². The van der Waals surface area contributed by atoms with Gasteiger partial charge in [0.15, 0.2) is 0 Å². The zero-order chi connectivity index (χ0) is 18.7. The Morgan fingerprint density at radius 1 is 0.833 bits per heavy atom. The van der Waals surface area contributed by atoms with Crippen molar-refractivity contribution in [3.8, 4) is 0 Å². The lowest BCUT2D eigenvalue weighted by molar-refractivity contribution is 0.133. The lowest BCUT2D eigenvalue weighted by Gasteiger charge is -2.34. The number of unbranched alkanes of at least 4 members (excludes halogenated alkanes) is 6. The van der Waals surface area contributed by atoms with Crippen LogP contribution >= 0.6 is 15.2 Å². The van der Waals surface area contributed by atoms with Crippen LogP contribution in [-0.4, -0.2) is 38.6 Å². The van der Waals surface area contributed by atoms with Crippen molar-refractivity contribution in [2.75, 3.05) is 28.4 Å². The third-order valence-corrected chi connectivity index (χ3v) is 9.14. The first-order chi connectivity index (χ1) is 11.3. The largest absolute Gasteiger partial charge is 0.378 e. The Kier molecular flexibility index (Phi) is 11.6. The maximum Gasteiger partial charge on any atom is 0.378 e. The minimum Gasteiger partial charge on any atom is -0.364 e.